The number of aromatic nitrogens is 2. The molecule has 2 aromatic rings. The molecule has 3 rings (SSSR count). The number of hydrogen-bond donors (Lipinski definition) is 0. The summed E-state index contributed by atoms with van der Waals surface area (Å²) in [6.45, 7) is 2.16. The van der Waals surface area contributed by atoms with E-state index in [0.717, 1.165) is 11.7 Å². The van der Waals surface area contributed by atoms with Gasteiger partial charge in [-0.25, -0.2) is 4.98 Å². The van der Waals surface area contributed by atoms with E-state index < -0.39 is 0 Å². The van der Waals surface area contributed by atoms with E-state index in [9.17, 15) is 0 Å². The first-order valence-corrected chi connectivity index (χ1v) is 4.78. The summed E-state index contributed by atoms with van der Waals surface area (Å²) in [7, 11) is 0. The van der Waals surface area contributed by atoms with Crippen LogP contribution in [0.5, 0.6) is 0 Å². The van der Waals surface area contributed by atoms with Gasteiger partial charge in [-0.05, 0) is 37.5 Å². The van der Waals surface area contributed by atoms with Crippen LogP contribution in [0.3, 0.4) is 0 Å². The van der Waals surface area contributed by atoms with E-state index in [1.165, 1.54) is 23.8 Å². The molecule has 0 spiro atoms. The Kier molecular flexibility index (Phi) is 1.29. The average Bonchev–Trinajstić information content (AvgIpc) is 2.94. The lowest BCUT2D eigenvalue weighted by Crippen LogP contribution is -1.91. The van der Waals surface area contributed by atoms with Gasteiger partial charge in [0.05, 0.1) is 0 Å². The molecule has 66 valence electrons. The first kappa shape index (κ1) is 7.13. The van der Waals surface area contributed by atoms with Crippen molar-refractivity contribution in [3.8, 4) is 0 Å². The molecule has 0 saturated heterocycles. The largest absolute Gasteiger partial charge is 0.329 e. The van der Waals surface area contributed by atoms with Crippen molar-refractivity contribution >= 4 is 11.0 Å². The Morgan fingerprint density at radius 3 is 3.08 bits per heavy atom. The fourth-order valence-electron chi connectivity index (χ4n) is 1.88. The highest BCUT2D eigenvalue weighted by molar-refractivity contribution is 5.80. The highest BCUT2D eigenvalue weighted by Crippen LogP contribution is 2.37. The van der Waals surface area contributed by atoms with Gasteiger partial charge in [0.25, 0.3) is 0 Å². The highest BCUT2D eigenvalue weighted by atomic mass is 15.1. The smallest absolute Gasteiger partial charge is 0.140 e. The van der Waals surface area contributed by atoms with Gasteiger partial charge in [-0.15, -0.1) is 0 Å². The molecule has 2 heteroatoms. The van der Waals surface area contributed by atoms with E-state index in [-0.39, 0.29) is 0 Å². The van der Waals surface area contributed by atoms with Crippen LogP contribution < -0.4 is 0 Å². The second-order valence-electron chi connectivity index (χ2n) is 3.83. The Morgan fingerprint density at radius 1 is 1.46 bits per heavy atom. The SMILES string of the molecule is Cc1cn(C2CC2)c2ncccc12. The maximum atomic E-state index is 4.43. The summed E-state index contributed by atoms with van der Waals surface area (Å²) in [5.41, 5.74) is 2.50. The second kappa shape index (κ2) is 2.34. The summed E-state index contributed by atoms with van der Waals surface area (Å²) < 4.78 is 2.32. The summed E-state index contributed by atoms with van der Waals surface area (Å²) in [5.74, 6) is 0. The zero-order valence-electron chi connectivity index (χ0n) is 7.70. The van der Waals surface area contributed by atoms with Crippen LogP contribution in [0.4, 0.5) is 0 Å². The monoisotopic (exact) mass is 172 g/mol. The van der Waals surface area contributed by atoms with E-state index in [4.69, 9.17) is 0 Å². The molecular weight excluding hydrogens is 160 g/mol. The molecule has 2 heterocycles. The molecule has 0 unspecified atom stereocenters. The minimum atomic E-state index is 0.728. The first-order chi connectivity index (χ1) is 6.36. The van der Waals surface area contributed by atoms with Gasteiger partial charge in [-0.3, -0.25) is 0 Å². The lowest BCUT2D eigenvalue weighted by atomic mass is 10.2. The van der Waals surface area contributed by atoms with Gasteiger partial charge >= 0.3 is 0 Å². The lowest BCUT2D eigenvalue weighted by molar-refractivity contribution is 0.764. The Bertz CT molecular complexity index is 452. The predicted molar refractivity (Wildman–Crippen MR) is 52.7 cm³/mol. The Balaban J connectivity index is 2.34. The van der Waals surface area contributed by atoms with Crippen LogP contribution in [-0.4, -0.2) is 9.55 Å². The van der Waals surface area contributed by atoms with E-state index in [1.54, 1.807) is 0 Å². The number of fused-ring (bicyclic) bond motifs is 1. The van der Waals surface area contributed by atoms with Crippen LogP contribution in [0.1, 0.15) is 24.4 Å². The molecule has 1 saturated carbocycles. The van der Waals surface area contributed by atoms with E-state index in [1.807, 2.05) is 12.3 Å². The van der Waals surface area contributed by atoms with Crippen LogP contribution >= 0.6 is 0 Å². The molecule has 2 aromatic heterocycles. The maximum absolute atomic E-state index is 4.43. The third kappa shape index (κ3) is 0.981. The van der Waals surface area contributed by atoms with Crippen LogP contribution in [0.15, 0.2) is 24.5 Å². The molecule has 13 heavy (non-hydrogen) atoms. The standard InChI is InChI=1S/C11H12N2/c1-8-7-13(9-4-5-9)11-10(8)3-2-6-12-11/h2-3,6-7,9H,4-5H2,1H3. The molecule has 1 fully saturated rings. The van der Waals surface area contributed by atoms with Gasteiger partial charge < -0.3 is 4.57 Å². The maximum Gasteiger partial charge on any atom is 0.140 e. The summed E-state index contributed by atoms with van der Waals surface area (Å²) in [6, 6.07) is 4.88. The van der Waals surface area contributed by atoms with Crippen molar-refractivity contribution in [3.63, 3.8) is 0 Å². The first-order valence-electron chi connectivity index (χ1n) is 4.78. The van der Waals surface area contributed by atoms with Gasteiger partial charge in [0.1, 0.15) is 5.65 Å². The van der Waals surface area contributed by atoms with Crippen molar-refractivity contribution in [3.05, 3.63) is 30.1 Å². The normalized spacial score (nSPS) is 16.7. The zero-order valence-corrected chi connectivity index (χ0v) is 7.70. The van der Waals surface area contributed by atoms with Crippen LogP contribution in [-0.2, 0) is 0 Å². The van der Waals surface area contributed by atoms with E-state index >= 15 is 0 Å². The molecule has 0 atom stereocenters. The minimum absolute atomic E-state index is 0.728. The Hall–Kier alpha value is -1.31. The quantitative estimate of drug-likeness (QED) is 0.646. The zero-order chi connectivity index (χ0) is 8.84. The second-order valence-corrected chi connectivity index (χ2v) is 3.83. The van der Waals surface area contributed by atoms with Gasteiger partial charge in [0.15, 0.2) is 0 Å². The molecule has 2 nitrogen and oxygen atoms in total. The highest BCUT2D eigenvalue weighted by Gasteiger charge is 2.25. The number of nitrogens with zero attached hydrogens (tertiary/aromatic N) is 2. The number of rotatable bonds is 1. The Labute approximate surface area is 77.2 Å². The molecule has 1 aliphatic carbocycles. The molecule has 0 bridgehead atoms. The third-order valence-corrected chi connectivity index (χ3v) is 2.73. The molecule has 0 N–H and O–H groups in total. The van der Waals surface area contributed by atoms with Crippen molar-refractivity contribution in [2.45, 2.75) is 25.8 Å². The Morgan fingerprint density at radius 2 is 2.31 bits per heavy atom. The summed E-state index contributed by atoms with van der Waals surface area (Å²) in [4.78, 5) is 4.43. The minimum Gasteiger partial charge on any atom is -0.329 e. The topological polar surface area (TPSA) is 17.8 Å². The van der Waals surface area contributed by atoms with Crippen molar-refractivity contribution in [2.75, 3.05) is 0 Å². The van der Waals surface area contributed by atoms with E-state index in [2.05, 4.69) is 28.7 Å². The number of pyridine rings is 1. The van der Waals surface area contributed by atoms with Gasteiger partial charge in [0, 0.05) is 23.8 Å². The average molecular weight is 172 g/mol. The van der Waals surface area contributed by atoms with Crippen molar-refractivity contribution in [1.29, 1.82) is 0 Å². The van der Waals surface area contributed by atoms with Gasteiger partial charge in [-0.1, -0.05) is 0 Å². The molecule has 0 aliphatic heterocycles. The fourth-order valence-corrected chi connectivity index (χ4v) is 1.88. The summed E-state index contributed by atoms with van der Waals surface area (Å²) >= 11 is 0. The van der Waals surface area contributed by atoms with Crippen LogP contribution in [0, 0.1) is 6.92 Å². The molecule has 1 aliphatic rings. The molecule has 0 amide bonds. The summed E-state index contributed by atoms with van der Waals surface area (Å²) in [6.07, 6.45) is 6.75. The van der Waals surface area contributed by atoms with Crippen molar-refractivity contribution in [1.82, 2.24) is 9.55 Å². The number of hydrogen-bond acceptors (Lipinski definition) is 1. The van der Waals surface area contributed by atoms with Crippen LogP contribution in [0.2, 0.25) is 0 Å². The predicted octanol–water partition coefficient (Wildman–Crippen LogP) is 2.68. The lowest BCUT2D eigenvalue weighted by Gasteiger charge is -1.99. The van der Waals surface area contributed by atoms with Gasteiger partial charge in [0.2, 0.25) is 0 Å². The van der Waals surface area contributed by atoms with E-state index in [0.29, 0.717) is 0 Å². The van der Waals surface area contributed by atoms with Gasteiger partial charge in [-0.2, -0.15) is 0 Å². The van der Waals surface area contributed by atoms with Crippen LogP contribution in [0.25, 0.3) is 11.0 Å². The van der Waals surface area contributed by atoms with Crippen molar-refractivity contribution < 1.29 is 0 Å². The number of aryl methyl sites for hydroxylation is 1. The molecular formula is C11H12N2. The third-order valence-electron chi connectivity index (χ3n) is 2.73. The summed E-state index contributed by atoms with van der Waals surface area (Å²) in [5, 5.41) is 1.30. The molecule has 0 radical (unpaired) electrons. The fraction of sp³-hybridized carbons (Fsp3) is 0.364. The van der Waals surface area contributed by atoms with Crippen molar-refractivity contribution in [2.24, 2.45) is 0 Å². The molecule has 0 aromatic carbocycles.